The molecule has 0 radical (unpaired) electrons. The minimum atomic E-state index is 0.415. The van der Waals surface area contributed by atoms with Crippen LogP contribution in [0.1, 0.15) is 46.9 Å². The standard InChI is InChI=1S/C14H14ClN3O/c15-12-7-2-1-4-11(12)8-18-14(10-5-3-6-10)13(9-19)16-17-18/h1-2,4,7,9-10H,3,5-6,8H2. The lowest BCUT2D eigenvalue weighted by Crippen LogP contribution is -2.17. The molecule has 1 fully saturated rings. The summed E-state index contributed by atoms with van der Waals surface area (Å²) in [5.41, 5.74) is 2.42. The molecule has 0 spiro atoms. The largest absolute Gasteiger partial charge is 0.296 e. The Bertz CT molecular complexity index is 604. The first-order chi connectivity index (χ1) is 9.29. The number of aldehydes is 1. The zero-order valence-corrected chi connectivity index (χ0v) is 11.2. The smallest absolute Gasteiger partial charge is 0.172 e. The van der Waals surface area contributed by atoms with Crippen molar-refractivity contribution in [1.82, 2.24) is 15.0 Å². The lowest BCUT2D eigenvalue weighted by molar-refractivity contribution is 0.111. The number of carbonyl (C=O) groups excluding carboxylic acids is 1. The van der Waals surface area contributed by atoms with E-state index in [4.69, 9.17) is 11.6 Å². The Labute approximate surface area is 116 Å². The summed E-state index contributed by atoms with van der Waals surface area (Å²) >= 11 is 6.16. The van der Waals surface area contributed by atoms with Crippen molar-refractivity contribution in [2.24, 2.45) is 0 Å². The van der Waals surface area contributed by atoms with Crippen LogP contribution in [-0.2, 0) is 6.54 Å². The molecule has 0 atom stereocenters. The normalized spacial score (nSPS) is 15.2. The number of halogens is 1. The van der Waals surface area contributed by atoms with Gasteiger partial charge in [-0.25, -0.2) is 4.68 Å². The SMILES string of the molecule is O=Cc1nnn(Cc2ccccc2Cl)c1C1CCC1. The summed E-state index contributed by atoms with van der Waals surface area (Å²) in [5.74, 6) is 0.415. The van der Waals surface area contributed by atoms with Crippen molar-refractivity contribution in [2.75, 3.05) is 0 Å². The Morgan fingerprint density at radius 1 is 1.37 bits per heavy atom. The van der Waals surface area contributed by atoms with Gasteiger partial charge in [-0.15, -0.1) is 5.10 Å². The maximum Gasteiger partial charge on any atom is 0.172 e. The second-order valence-electron chi connectivity index (χ2n) is 4.85. The molecule has 0 aliphatic heterocycles. The Balaban J connectivity index is 1.94. The molecular formula is C14H14ClN3O. The van der Waals surface area contributed by atoms with Crippen molar-refractivity contribution in [3.63, 3.8) is 0 Å². The van der Waals surface area contributed by atoms with Gasteiger partial charge in [-0.3, -0.25) is 4.79 Å². The van der Waals surface area contributed by atoms with E-state index < -0.39 is 0 Å². The average Bonchev–Trinajstić information content (AvgIpc) is 2.73. The van der Waals surface area contributed by atoms with E-state index in [2.05, 4.69) is 10.3 Å². The van der Waals surface area contributed by atoms with Crippen LogP contribution in [0.5, 0.6) is 0 Å². The molecule has 4 nitrogen and oxygen atoms in total. The molecule has 0 unspecified atom stereocenters. The summed E-state index contributed by atoms with van der Waals surface area (Å²) in [6.07, 6.45) is 4.22. The summed E-state index contributed by atoms with van der Waals surface area (Å²) in [4.78, 5) is 11.1. The second-order valence-corrected chi connectivity index (χ2v) is 5.26. The summed E-state index contributed by atoms with van der Waals surface area (Å²) in [6, 6.07) is 7.67. The van der Waals surface area contributed by atoms with Gasteiger partial charge in [-0.1, -0.05) is 41.4 Å². The van der Waals surface area contributed by atoms with Gasteiger partial charge in [0.25, 0.3) is 0 Å². The van der Waals surface area contributed by atoms with Gasteiger partial charge in [0.1, 0.15) is 5.69 Å². The number of rotatable bonds is 4. The van der Waals surface area contributed by atoms with Crippen molar-refractivity contribution in [3.8, 4) is 0 Å². The first kappa shape index (κ1) is 12.4. The maximum atomic E-state index is 11.1. The predicted molar refractivity (Wildman–Crippen MR) is 72.6 cm³/mol. The molecule has 1 aliphatic rings. The third kappa shape index (κ3) is 2.28. The van der Waals surface area contributed by atoms with Crippen molar-refractivity contribution in [3.05, 3.63) is 46.2 Å². The fourth-order valence-corrected chi connectivity index (χ4v) is 2.62. The van der Waals surface area contributed by atoms with Crippen molar-refractivity contribution >= 4 is 17.9 Å². The van der Waals surface area contributed by atoms with E-state index in [1.54, 1.807) is 0 Å². The van der Waals surface area contributed by atoms with Crippen LogP contribution in [0.25, 0.3) is 0 Å². The lowest BCUT2D eigenvalue weighted by atomic mass is 9.82. The molecule has 1 aromatic carbocycles. The van der Waals surface area contributed by atoms with Crippen LogP contribution in [-0.4, -0.2) is 21.3 Å². The van der Waals surface area contributed by atoms with E-state index in [1.165, 1.54) is 6.42 Å². The third-order valence-corrected chi connectivity index (χ3v) is 4.05. The third-order valence-electron chi connectivity index (χ3n) is 3.68. The summed E-state index contributed by atoms with van der Waals surface area (Å²) < 4.78 is 1.81. The lowest BCUT2D eigenvalue weighted by Gasteiger charge is -2.26. The molecule has 5 heteroatoms. The second kappa shape index (κ2) is 5.13. The van der Waals surface area contributed by atoms with E-state index in [-0.39, 0.29) is 0 Å². The van der Waals surface area contributed by atoms with E-state index in [0.717, 1.165) is 30.4 Å². The maximum absolute atomic E-state index is 11.1. The van der Waals surface area contributed by atoms with Gasteiger partial charge in [-0.2, -0.15) is 0 Å². The van der Waals surface area contributed by atoms with Crippen LogP contribution in [0.2, 0.25) is 5.02 Å². The van der Waals surface area contributed by atoms with E-state index >= 15 is 0 Å². The molecule has 2 aromatic rings. The molecule has 0 bridgehead atoms. The number of nitrogens with zero attached hydrogens (tertiary/aromatic N) is 3. The Morgan fingerprint density at radius 3 is 2.79 bits per heavy atom. The topological polar surface area (TPSA) is 47.8 Å². The number of benzene rings is 1. The molecule has 98 valence electrons. The van der Waals surface area contributed by atoms with Crippen molar-refractivity contribution in [2.45, 2.75) is 31.7 Å². The monoisotopic (exact) mass is 275 g/mol. The predicted octanol–water partition coefficient (Wildman–Crippen LogP) is 3.06. The quantitative estimate of drug-likeness (QED) is 0.806. The summed E-state index contributed by atoms with van der Waals surface area (Å²) in [7, 11) is 0. The van der Waals surface area contributed by atoms with E-state index in [0.29, 0.717) is 23.2 Å². The highest BCUT2D eigenvalue weighted by Crippen LogP contribution is 2.37. The van der Waals surface area contributed by atoms with Gasteiger partial charge in [0.2, 0.25) is 0 Å². The van der Waals surface area contributed by atoms with Crippen molar-refractivity contribution < 1.29 is 4.79 Å². The molecule has 1 aromatic heterocycles. The first-order valence-corrected chi connectivity index (χ1v) is 6.79. The van der Waals surface area contributed by atoms with E-state index in [1.807, 2.05) is 28.9 Å². The Kier molecular flexibility index (Phi) is 3.34. The van der Waals surface area contributed by atoms with Crippen LogP contribution in [0.4, 0.5) is 0 Å². The molecule has 1 saturated carbocycles. The highest BCUT2D eigenvalue weighted by Gasteiger charge is 2.27. The van der Waals surface area contributed by atoms with Gasteiger partial charge in [0.05, 0.1) is 12.2 Å². The van der Waals surface area contributed by atoms with Crippen LogP contribution in [0.3, 0.4) is 0 Å². The number of hydrogen-bond acceptors (Lipinski definition) is 3. The first-order valence-electron chi connectivity index (χ1n) is 6.41. The fourth-order valence-electron chi connectivity index (χ4n) is 2.42. The van der Waals surface area contributed by atoms with Crippen LogP contribution >= 0.6 is 11.6 Å². The van der Waals surface area contributed by atoms with Gasteiger partial charge >= 0.3 is 0 Å². The van der Waals surface area contributed by atoms with Gasteiger partial charge in [0.15, 0.2) is 6.29 Å². The average molecular weight is 276 g/mol. The Hall–Kier alpha value is -1.68. The molecule has 19 heavy (non-hydrogen) atoms. The zero-order valence-electron chi connectivity index (χ0n) is 10.4. The highest BCUT2D eigenvalue weighted by atomic mass is 35.5. The van der Waals surface area contributed by atoms with E-state index in [9.17, 15) is 4.79 Å². The minimum Gasteiger partial charge on any atom is -0.296 e. The van der Waals surface area contributed by atoms with Crippen LogP contribution in [0.15, 0.2) is 24.3 Å². The molecule has 0 amide bonds. The van der Waals surface area contributed by atoms with Crippen LogP contribution < -0.4 is 0 Å². The number of carbonyl (C=O) groups is 1. The van der Waals surface area contributed by atoms with Gasteiger partial charge in [-0.05, 0) is 24.5 Å². The summed E-state index contributed by atoms with van der Waals surface area (Å²) in [5, 5.41) is 8.78. The molecule has 1 heterocycles. The molecular weight excluding hydrogens is 262 g/mol. The molecule has 0 N–H and O–H groups in total. The van der Waals surface area contributed by atoms with Crippen LogP contribution in [0, 0.1) is 0 Å². The summed E-state index contributed by atoms with van der Waals surface area (Å²) in [6.45, 7) is 0.562. The van der Waals surface area contributed by atoms with Gasteiger partial charge in [0, 0.05) is 10.9 Å². The minimum absolute atomic E-state index is 0.415. The number of hydrogen-bond donors (Lipinski definition) is 0. The van der Waals surface area contributed by atoms with Gasteiger partial charge < -0.3 is 0 Å². The number of aromatic nitrogens is 3. The molecule has 3 rings (SSSR count). The zero-order chi connectivity index (χ0) is 13.2. The highest BCUT2D eigenvalue weighted by molar-refractivity contribution is 6.31. The Morgan fingerprint density at radius 2 is 2.16 bits per heavy atom. The molecule has 0 saturated heterocycles. The molecule has 1 aliphatic carbocycles. The van der Waals surface area contributed by atoms with Crippen molar-refractivity contribution in [1.29, 1.82) is 0 Å². The fraction of sp³-hybridized carbons (Fsp3) is 0.357.